The number of rotatable bonds is 8. The average Bonchev–Trinajstić information content (AvgIpc) is 2.68. The van der Waals surface area contributed by atoms with Crippen LogP contribution >= 0.6 is 0 Å². The minimum atomic E-state index is -0.253. The van der Waals surface area contributed by atoms with E-state index in [0.717, 1.165) is 12.0 Å². The summed E-state index contributed by atoms with van der Waals surface area (Å²) in [6, 6.07) is 16.5. The van der Waals surface area contributed by atoms with E-state index in [1.165, 1.54) is 17.7 Å². The maximum atomic E-state index is 13.0. The molecule has 7 heteroatoms. The Morgan fingerprint density at radius 2 is 1.42 bits per heavy atom. The van der Waals surface area contributed by atoms with E-state index in [4.69, 9.17) is 0 Å². The fraction of sp³-hybridized carbons (Fsp3) is 0.211. The van der Waals surface area contributed by atoms with E-state index in [2.05, 4.69) is 43.0 Å². The number of nitrogens with one attached hydrogen (secondary N) is 3. The van der Waals surface area contributed by atoms with Gasteiger partial charge in [-0.25, -0.2) is 4.39 Å². The van der Waals surface area contributed by atoms with Crippen molar-refractivity contribution < 1.29 is 4.39 Å². The molecule has 1 heterocycles. The summed E-state index contributed by atoms with van der Waals surface area (Å²) < 4.78 is 13.0. The van der Waals surface area contributed by atoms with Crippen LogP contribution in [-0.2, 0) is 13.0 Å². The lowest BCUT2D eigenvalue weighted by atomic mass is 10.1. The predicted molar refractivity (Wildman–Crippen MR) is 102 cm³/mol. The molecule has 0 saturated carbocycles. The number of hydrogen-bond acceptors (Lipinski definition) is 6. The Kier molecular flexibility index (Phi) is 5.92. The van der Waals surface area contributed by atoms with Crippen LogP contribution in [0.5, 0.6) is 0 Å². The van der Waals surface area contributed by atoms with E-state index < -0.39 is 0 Å². The van der Waals surface area contributed by atoms with Crippen LogP contribution in [0.15, 0.2) is 54.6 Å². The van der Waals surface area contributed by atoms with E-state index in [-0.39, 0.29) is 5.82 Å². The Morgan fingerprint density at radius 3 is 2.12 bits per heavy atom. The van der Waals surface area contributed by atoms with Gasteiger partial charge >= 0.3 is 0 Å². The summed E-state index contributed by atoms with van der Waals surface area (Å²) >= 11 is 0. The summed E-state index contributed by atoms with van der Waals surface area (Å²) in [7, 11) is 1.76. The number of benzene rings is 2. The van der Waals surface area contributed by atoms with Crippen LogP contribution in [-0.4, -0.2) is 28.5 Å². The van der Waals surface area contributed by atoms with Gasteiger partial charge in [0.05, 0.1) is 0 Å². The maximum Gasteiger partial charge on any atom is 0.229 e. The molecule has 26 heavy (non-hydrogen) atoms. The molecule has 0 unspecified atom stereocenters. The molecule has 0 aliphatic rings. The molecule has 0 bridgehead atoms. The predicted octanol–water partition coefficient (Wildman–Crippen LogP) is 3.32. The van der Waals surface area contributed by atoms with Gasteiger partial charge in [-0.2, -0.15) is 15.0 Å². The summed E-state index contributed by atoms with van der Waals surface area (Å²) in [5.74, 6) is 1.18. The molecule has 3 aromatic rings. The first-order chi connectivity index (χ1) is 12.7. The molecule has 0 aliphatic heterocycles. The molecular formula is C19H21FN6. The third kappa shape index (κ3) is 5.14. The Morgan fingerprint density at radius 1 is 0.769 bits per heavy atom. The average molecular weight is 352 g/mol. The summed E-state index contributed by atoms with van der Waals surface area (Å²) in [5, 5.41) is 9.29. The fourth-order valence-electron chi connectivity index (χ4n) is 2.39. The van der Waals surface area contributed by atoms with Crippen molar-refractivity contribution in [1.29, 1.82) is 0 Å². The molecule has 0 aliphatic carbocycles. The largest absolute Gasteiger partial charge is 0.357 e. The van der Waals surface area contributed by atoms with Crippen LogP contribution in [0.3, 0.4) is 0 Å². The van der Waals surface area contributed by atoms with Crippen LogP contribution < -0.4 is 16.0 Å². The fourth-order valence-corrected chi connectivity index (χ4v) is 2.39. The number of aromatic nitrogens is 3. The van der Waals surface area contributed by atoms with Gasteiger partial charge in [-0.1, -0.05) is 42.5 Å². The number of anilines is 3. The van der Waals surface area contributed by atoms with Crippen LogP contribution in [0.25, 0.3) is 0 Å². The van der Waals surface area contributed by atoms with Gasteiger partial charge in [-0.05, 0) is 29.7 Å². The maximum absolute atomic E-state index is 13.0. The van der Waals surface area contributed by atoms with Gasteiger partial charge in [-0.15, -0.1) is 0 Å². The van der Waals surface area contributed by atoms with Crippen LogP contribution in [0.4, 0.5) is 22.2 Å². The minimum absolute atomic E-state index is 0.253. The molecule has 3 rings (SSSR count). The second-order valence-corrected chi connectivity index (χ2v) is 5.70. The second kappa shape index (κ2) is 8.75. The Bertz CT molecular complexity index is 823. The van der Waals surface area contributed by atoms with E-state index in [0.29, 0.717) is 30.9 Å². The van der Waals surface area contributed by atoms with Gasteiger partial charge in [0.2, 0.25) is 17.8 Å². The molecule has 0 atom stereocenters. The third-order valence-electron chi connectivity index (χ3n) is 3.76. The SMILES string of the molecule is CNc1nc(NCCc2ccccc2)nc(NCc2ccc(F)cc2)n1. The molecule has 134 valence electrons. The summed E-state index contributed by atoms with van der Waals surface area (Å²) in [6.07, 6.45) is 0.875. The van der Waals surface area contributed by atoms with Crippen molar-refractivity contribution in [3.05, 3.63) is 71.5 Å². The van der Waals surface area contributed by atoms with E-state index >= 15 is 0 Å². The van der Waals surface area contributed by atoms with Gasteiger partial charge in [0, 0.05) is 20.1 Å². The van der Waals surface area contributed by atoms with E-state index in [9.17, 15) is 4.39 Å². The standard InChI is InChI=1S/C19H21FN6/c1-21-17-24-18(22-12-11-14-5-3-2-4-6-14)26-19(25-17)23-13-15-7-9-16(20)10-8-15/h2-10H,11-13H2,1H3,(H3,21,22,23,24,25,26). The summed E-state index contributed by atoms with van der Waals surface area (Å²) in [6.45, 7) is 1.21. The lowest BCUT2D eigenvalue weighted by molar-refractivity contribution is 0.627. The first-order valence-corrected chi connectivity index (χ1v) is 8.43. The van der Waals surface area contributed by atoms with Crippen molar-refractivity contribution in [1.82, 2.24) is 15.0 Å². The number of nitrogens with zero attached hydrogens (tertiary/aromatic N) is 3. The molecule has 1 aromatic heterocycles. The molecule has 2 aromatic carbocycles. The van der Waals surface area contributed by atoms with Gasteiger partial charge in [0.1, 0.15) is 5.82 Å². The van der Waals surface area contributed by atoms with Crippen molar-refractivity contribution in [2.24, 2.45) is 0 Å². The summed E-state index contributed by atoms with van der Waals surface area (Å²) in [4.78, 5) is 13.0. The van der Waals surface area contributed by atoms with Gasteiger partial charge < -0.3 is 16.0 Å². The van der Waals surface area contributed by atoms with Crippen LogP contribution in [0, 0.1) is 5.82 Å². The smallest absolute Gasteiger partial charge is 0.229 e. The van der Waals surface area contributed by atoms with E-state index in [1.807, 2.05) is 18.2 Å². The highest BCUT2D eigenvalue weighted by Gasteiger charge is 2.05. The van der Waals surface area contributed by atoms with Crippen molar-refractivity contribution in [3.8, 4) is 0 Å². The Balaban J connectivity index is 1.61. The molecule has 3 N–H and O–H groups in total. The zero-order valence-electron chi connectivity index (χ0n) is 14.5. The molecule has 0 radical (unpaired) electrons. The molecule has 0 fully saturated rings. The van der Waals surface area contributed by atoms with E-state index in [1.54, 1.807) is 19.2 Å². The monoisotopic (exact) mass is 352 g/mol. The minimum Gasteiger partial charge on any atom is -0.357 e. The second-order valence-electron chi connectivity index (χ2n) is 5.70. The molecular weight excluding hydrogens is 331 g/mol. The van der Waals surface area contributed by atoms with Crippen LogP contribution in [0.1, 0.15) is 11.1 Å². The highest BCUT2D eigenvalue weighted by Crippen LogP contribution is 2.11. The molecule has 0 saturated heterocycles. The Labute approximate surface area is 151 Å². The van der Waals surface area contributed by atoms with Crippen molar-refractivity contribution >= 4 is 17.8 Å². The molecule has 0 amide bonds. The first kappa shape index (κ1) is 17.6. The van der Waals surface area contributed by atoms with Gasteiger partial charge in [0.15, 0.2) is 0 Å². The summed E-state index contributed by atoms with van der Waals surface area (Å²) in [5.41, 5.74) is 2.19. The van der Waals surface area contributed by atoms with Crippen molar-refractivity contribution in [3.63, 3.8) is 0 Å². The van der Waals surface area contributed by atoms with Gasteiger partial charge in [-0.3, -0.25) is 0 Å². The zero-order valence-corrected chi connectivity index (χ0v) is 14.5. The zero-order chi connectivity index (χ0) is 18.2. The molecule has 0 spiro atoms. The molecule has 6 nitrogen and oxygen atoms in total. The van der Waals surface area contributed by atoms with Gasteiger partial charge in [0.25, 0.3) is 0 Å². The van der Waals surface area contributed by atoms with Crippen molar-refractivity contribution in [2.75, 3.05) is 29.5 Å². The first-order valence-electron chi connectivity index (χ1n) is 8.43. The number of halogens is 1. The normalized spacial score (nSPS) is 10.4. The lowest BCUT2D eigenvalue weighted by Gasteiger charge is -2.10. The van der Waals surface area contributed by atoms with Crippen LogP contribution in [0.2, 0.25) is 0 Å². The highest BCUT2D eigenvalue weighted by atomic mass is 19.1. The highest BCUT2D eigenvalue weighted by molar-refractivity contribution is 5.42. The number of hydrogen-bond donors (Lipinski definition) is 3. The lowest BCUT2D eigenvalue weighted by Crippen LogP contribution is -2.13. The Hall–Kier alpha value is -3.22. The third-order valence-corrected chi connectivity index (χ3v) is 3.76. The quantitative estimate of drug-likeness (QED) is 0.577. The topological polar surface area (TPSA) is 74.8 Å². The van der Waals surface area contributed by atoms with Crippen molar-refractivity contribution in [2.45, 2.75) is 13.0 Å².